The molecule has 0 unspecified atom stereocenters. The molecule has 1 N–H and O–H groups in total. The van der Waals surface area contributed by atoms with Crippen LogP contribution in [0.5, 0.6) is 0 Å². The molecule has 1 rings (SSSR count). The zero-order valence-electron chi connectivity index (χ0n) is 12.3. The number of nitriles is 1. The van der Waals surface area contributed by atoms with Crippen molar-refractivity contribution >= 4 is 9.84 Å². The van der Waals surface area contributed by atoms with Crippen LogP contribution < -0.4 is 5.32 Å². The normalized spacial score (nSPS) is 12.1. The maximum absolute atomic E-state index is 12.1. The Balaban J connectivity index is 2.60. The van der Waals surface area contributed by atoms with E-state index in [-0.39, 0.29) is 16.1 Å². The van der Waals surface area contributed by atoms with Crippen LogP contribution in [0.25, 0.3) is 0 Å². The molecule has 0 aliphatic rings. The summed E-state index contributed by atoms with van der Waals surface area (Å²) in [4.78, 5) is 0.216. The first kappa shape index (κ1) is 16.7. The van der Waals surface area contributed by atoms with Crippen molar-refractivity contribution in [2.24, 2.45) is 5.41 Å². The first-order valence-electron chi connectivity index (χ1n) is 6.74. The van der Waals surface area contributed by atoms with Crippen LogP contribution in [-0.2, 0) is 9.84 Å². The summed E-state index contributed by atoms with van der Waals surface area (Å²) >= 11 is 0. The van der Waals surface area contributed by atoms with Gasteiger partial charge in [0.05, 0.1) is 22.3 Å². The van der Waals surface area contributed by atoms with Crippen LogP contribution in [0.3, 0.4) is 0 Å². The number of hydrogen-bond acceptors (Lipinski definition) is 4. The van der Waals surface area contributed by atoms with E-state index in [1.807, 2.05) is 6.07 Å². The van der Waals surface area contributed by atoms with Gasteiger partial charge in [0.2, 0.25) is 0 Å². The lowest BCUT2D eigenvalue weighted by atomic mass is 9.90. The van der Waals surface area contributed by atoms with Gasteiger partial charge in [-0.15, -0.1) is 0 Å². The molecule has 0 saturated heterocycles. The van der Waals surface area contributed by atoms with E-state index in [2.05, 4.69) is 26.1 Å². The predicted molar refractivity (Wildman–Crippen MR) is 80.2 cm³/mol. The molecule has 0 atom stereocenters. The lowest BCUT2D eigenvalue weighted by molar-refractivity contribution is 0.332. The minimum atomic E-state index is -3.33. The first-order chi connectivity index (χ1) is 9.30. The van der Waals surface area contributed by atoms with Gasteiger partial charge in [-0.25, -0.2) is 8.42 Å². The van der Waals surface area contributed by atoms with Crippen molar-refractivity contribution in [2.45, 2.75) is 32.1 Å². The Labute approximate surface area is 121 Å². The van der Waals surface area contributed by atoms with Gasteiger partial charge in [0.15, 0.2) is 9.84 Å². The largest absolute Gasteiger partial charge is 0.315 e. The topological polar surface area (TPSA) is 70.0 Å². The van der Waals surface area contributed by atoms with Gasteiger partial charge in [-0.2, -0.15) is 5.26 Å². The molecule has 0 aliphatic carbocycles. The van der Waals surface area contributed by atoms with Crippen molar-refractivity contribution in [2.75, 3.05) is 18.8 Å². The highest BCUT2D eigenvalue weighted by Crippen LogP contribution is 2.17. The predicted octanol–water partition coefficient (Wildman–Crippen LogP) is 2.36. The summed E-state index contributed by atoms with van der Waals surface area (Å²) in [6.07, 6.45) is 1.04. The van der Waals surface area contributed by atoms with Crippen molar-refractivity contribution in [3.05, 3.63) is 29.8 Å². The Hall–Kier alpha value is -1.38. The van der Waals surface area contributed by atoms with E-state index in [0.29, 0.717) is 12.1 Å². The summed E-state index contributed by atoms with van der Waals surface area (Å²) in [6, 6.07) is 8.10. The van der Waals surface area contributed by atoms with Crippen molar-refractivity contribution in [3.63, 3.8) is 0 Å². The smallest absolute Gasteiger partial charge is 0.179 e. The Morgan fingerprint density at radius 3 is 2.65 bits per heavy atom. The quantitative estimate of drug-likeness (QED) is 0.784. The van der Waals surface area contributed by atoms with Gasteiger partial charge in [-0.3, -0.25) is 0 Å². The van der Waals surface area contributed by atoms with E-state index in [9.17, 15) is 8.42 Å². The average Bonchev–Trinajstić information content (AvgIpc) is 2.44. The molecule has 5 heteroatoms. The molecule has 4 nitrogen and oxygen atoms in total. The highest BCUT2D eigenvalue weighted by molar-refractivity contribution is 7.91. The zero-order valence-corrected chi connectivity index (χ0v) is 13.1. The van der Waals surface area contributed by atoms with Crippen LogP contribution >= 0.6 is 0 Å². The highest BCUT2D eigenvalue weighted by atomic mass is 32.2. The molecule has 0 bridgehead atoms. The number of sulfone groups is 1. The van der Waals surface area contributed by atoms with Crippen LogP contribution in [-0.4, -0.2) is 27.3 Å². The maximum Gasteiger partial charge on any atom is 0.179 e. The summed E-state index contributed by atoms with van der Waals surface area (Å²) in [6.45, 7) is 7.61. The van der Waals surface area contributed by atoms with Gasteiger partial charge in [0.25, 0.3) is 0 Å². The van der Waals surface area contributed by atoms with E-state index in [1.165, 1.54) is 12.1 Å². The molecule has 0 heterocycles. The highest BCUT2D eigenvalue weighted by Gasteiger charge is 2.17. The van der Waals surface area contributed by atoms with Crippen LogP contribution in [0.15, 0.2) is 29.2 Å². The zero-order chi connectivity index (χ0) is 15.2. The lowest BCUT2D eigenvalue weighted by Crippen LogP contribution is -2.32. The molecule has 0 spiro atoms. The Bertz CT molecular complexity index is 586. The van der Waals surface area contributed by atoms with Gasteiger partial charge in [0, 0.05) is 13.1 Å². The molecule has 0 aliphatic heterocycles. The third kappa shape index (κ3) is 4.95. The standard InChI is InChI=1S/C15H22N2O2S/c1-4-15(2,3)12-17-8-9-20(18,19)14-7-5-6-13(10-14)11-16/h5-7,10,17H,4,8-9,12H2,1-3H3. The monoisotopic (exact) mass is 294 g/mol. The third-order valence-electron chi connectivity index (χ3n) is 3.43. The summed E-state index contributed by atoms with van der Waals surface area (Å²) in [7, 11) is -3.33. The van der Waals surface area contributed by atoms with E-state index in [4.69, 9.17) is 5.26 Å². The fourth-order valence-electron chi connectivity index (χ4n) is 1.64. The second-order valence-electron chi connectivity index (χ2n) is 5.65. The third-order valence-corrected chi connectivity index (χ3v) is 5.14. The number of nitrogens with one attached hydrogen (secondary N) is 1. The fraction of sp³-hybridized carbons (Fsp3) is 0.533. The Morgan fingerprint density at radius 1 is 1.35 bits per heavy atom. The van der Waals surface area contributed by atoms with Crippen LogP contribution in [0.2, 0.25) is 0 Å². The molecule has 0 saturated carbocycles. The van der Waals surface area contributed by atoms with Gasteiger partial charge in [-0.05, 0) is 30.0 Å². The maximum atomic E-state index is 12.1. The summed E-state index contributed by atoms with van der Waals surface area (Å²) < 4.78 is 24.3. The molecule has 20 heavy (non-hydrogen) atoms. The van der Waals surface area contributed by atoms with Gasteiger partial charge >= 0.3 is 0 Å². The average molecular weight is 294 g/mol. The lowest BCUT2D eigenvalue weighted by Gasteiger charge is -2.22. The van der Waals surface area contributed by atoms with Crippen molar-refractivity contribution < 1.29 is 8.42 Å². The SMILES string of the molecule is CCC(C)(C)CNCCS(=O)(=O)c1cccc(C#N)c1. The van der Waals surface area contributed by atoms with Crippen molar-refractivity contribution in [1.29, 1.82) is 5.26 Å². The molecule has 1 aromatic carbocycles. The summed E-state index contributed by atoms with van der Waals surface area (Å²) in [5.74, 6) is 0.0433. The Morgan fingerprint density at radius 2 is 2.05 bits per heavy atom. The summed E-state index contributed by atoms with van der Waals surface area (Å²) in [5, 5.41) is 12.0. The molecule has 110 valence electrons. The van der Waals surface area contributed by atoms with Crippen LogP contribution in [0.1, 0.15) is 32.8 Å². The summed E-state index contributed by atoms with van der Waals surface area (Å²) in [5.41, 5.74) is 0.538. The number of benzene rings is 1. The van der Waals surface area contributed by atoms with Crippen molar-refractivity contribution in [3.8, 4) is 6.07 Å². The van der Waals surface area contributed by atoms with E-state index in [0.717, 1.165) is 13.0 Å². The van der Waals surface area contributed by atoms with Crippen molar-refractivity contribution in [1.82, 2.24) is 5.32 Å². The number of rotatable bonds is 7. The number of nitrogens with zero attached hydrogens (tertiary/aromatic N) is 1. The van der Waals surface area contributed by atoms with Gasteiger partial charge < -0.3 is 5.32 Å². The molecule has 0 fully saturated rings. The molecule has 0 radical (unpaired) electrons. The van der Waals surface area contributed by atoms with E-state index < -0.39 is 9.84 Å². The van der Waals surface area contributed by atoms with E-state index >= 15 is 0 Å². The van der Waals surface area contributed by atoms with E-state index in [1.54, 1.807) is 12.1 Å². The minimum Gasteiger partial charge on any atom is -0.315 e. The molecule has 0 amide bonds. The second-order valence-corrected chi connectivity index (χ2v) is 7.76. The second kappa shape index (κ2) is 6.87. The fourth-order valence-corrected chi connectivity index (χ4v) is 2.88. The van der Waals surface area contributed by atoms with Gasteiger partial charge in [0.1, 0.15) is 0 Å². The van der Waals surface area contributed by atoms with Gasteiger partial charge in [-0.1, -0.05) is 26.8 Å². The first-order valence-corrected chi connectivity index (χ1v) is 8.39. The molecule has 0 aromatic heterocycles. The molecular weight excluding hydrogens is 272 g/mol. The molecular formula is C15H22N2O2S. The minimum absolute atomic E-state index is 0.0433. The Kier molecular flexibility index (Phi) is 5.73. The number of hydrogen-bond donors (Lipinski definition) is 1. The van der Waals surface area contributed by atoms with Crippen LogP contribution in [0, 0.1) is 16.7 Å². The molecule has 1 aromatic rings. The van der Waals surface area contributed by atoms with Crippen LogP contribution in [0.4, 0.5) is 0 Å².